The van der Waals surface area contributed by atoms with Gasteiger partial charge in [-0.2, -0.15) is 6.08 Å². The van der Waals surface area contributed by atoms with E-state index in [2.05, 4.69) is 18.2 Å². The normalized spacial score (nSPS) is 19.5. The van der Waals surface area contributed by atoms with Crippen molar-refractivity contribution in [2.45, 2.75) is 25.7 Å². The predicted molar refractivity (Wildman–Crippen MR) is 47.1 cm³/mol. The number of hydrogen-bond acceptors (Lipinski definition) is 0. The molecule has 0 aromatic heterocycles. The van der Waals surface area contributed by atoms with Crippen molar-refractivity contribution in [2.24, 2.45) is 0 Å². The summed E-state index contributed by atoms with van der Waals surface area (Å²) in [5, 5.41) is 0. The van der Waals surface area contributed by atoms with Gasteiger partial charge in [0.05, 0.1) is 0 Å². The van der Waals surface area contributed by atoms with Gasteiger partial charge in [-0.3, -0.25) is 6.08 Å². The van der Waals surface area contributed by atoms with E-state index in [0.29, 0.717) is 0 Å². The molecule has 0 heterocycles. The third-order valence-electron chi connectivity index (χ3n) is 1.29. The van der Waals surface area contributed by atoms with Crippen LogP contribution in [-0.4, -0.2) is 0 Å². The number of hydrogen-bond donors (Lipinski definition) is 0. The van der Waals surface area contributed by atoms with E-state index in [1.165, 1.54) is 19.3 Å². The van der Waals surface area contributed by atoms with Crippen LogP contribution >= 0.6 is 19.2 Å². The summed E-state index contributed by atoms with van der Waals surface area (Å²) in [4.78, 5) is 0. The van der Waals surface area contributed by atoms with E-state index in [0.717, 1.165) is 6.42 Å². The molecule has 0 unspecified atom stereocenters. The molecule has 0 atom stereocenters. The first-order valence-corrected chi connectivity index (χ1v) is 9.40. The molecule has 3 heteroatoms. The summed E-state index contributed by atoms with van der Waals surface area (Å²) >= 11 is -0.556. The predicted octanol–water partition coefficient (Wildman–Crippen LogP) is 3.85. The summed E-state index contributed by atoms with van der Waals surface area (Å²) in [6, 6.07) is 0. The Labute approximate surface area is 84.6 Å². The van der Waals surface area contributed by atoms with Crippen molar-refractivity contribution in [1.29, 1.82) is 0 Å². The zero-order valence-electron chi connectivity index (χ0n) is 6.15. The van der Waals surface area contributed by atoms with Crippen molar-refractivity contribution >= 4 is 19.2 Å². The van der Waals surface area contributed by atoms with Crippen LogP contribution in [0.4, 0.5) is 0 Å². The van der Waals surface area contributed by atoms with Crippen molar-refractivity contribution < 1.29 is 15.7 Å². The molecule has 0 aliphatic heterocycles. The van der Waals surface area contributed by atoms with Crippen LogP contribution in [0.2, 0.25) is 0 Å². The van der Waals surface area contributed by atoms with Crippen LogP contribution in [0, 0.1) is 6.08 Å². The molecule has 0 aromatic carbocycles. The Bertz CT molecular complexity index is 107. The molecule has 0 amide bonds. The minimum atomic E-state index is -0.556. The Balaban J connectivity index is 0.000000292. The average Bonchev–Trinajstić information content (AvgIpc) is 1.86. The second-order valence-corrected chi connectivity index (χ2v) is 5.55. The zero-order chi connectivity index (χ0) is 8.36. The SMILES string of the molecule is [C-]1=C/C=C\CCCC1.[Cl][Ir+][Cl]. The maximum absolute atomic E-state index is 4.89. The summed E-state index contributed by atoms with van der Waals surface area (Å²) in [5.74, 6) is 0. The number of halogens is 2. The fraction of sp³-hybridized carbons (Fsp3) is 0.500. The van der Waals surface area contributed by atoms with Crippen LogP contribution in [0.3, 0.4) is 0 Å². The molecule has 0 fully saturated rings. The molecule has 0 bridgehead atoms. The van der Waals surface area contributed by atoms with E-state index in [-0.39, 0.29) is 0 Å². The zero-order valence-corrected chi connectivity index (χ0v) is 10.1. The quantitative estimate of drug-likeness (QED) is 0.569. The Morgan fingerprint density at radius 1 is 1.27 bits per heavy atom. The molecule has 0 radical (unpaired) electrons. The Morgan fingerprint density at radius 3 is 2.73 bits per heavy atom. The van der Waals surface area contributed by atoms with Gasteiger partial charge in [0, 0.05) is 0 Å². The first kappa shape index (κ1) is 11.7. The maximum atomic E-state index is 4.89. The molecular weight excluding hydrogens is 359 g/mol. The summed E-state index contributed by atoms with van der Waals surface area (Å²) < 4.78 is 0. The summed E-state index contributed by atoms with van der Waals surface area (Å²) in [7, 11) is 9.78. The van der Waals surface area contributed by atoms with Crippen LogP contribution in [0.1, 0.15) is 25.7 Å². The van der Waals surface area contributed by atoms with E-state index < -0.39 is 15.7 Å². The van der Waals surface area contributed by atoms with Crippen molar-refractivity contribution in [1.82, 2.24) is 0 Å². The van der Waals surface area contributed by atoms with Crippen LogP contribution in [0.25, 0.3) is 0 Å². The molecule has 0 saturated carbocycles. The molecule has 11 heavy (non-hydrogen) atoms. The van der Waals surface area contributed by atoms with Gasteiger partial charge in [0.2, 0.25) is 0 Å². The molecule has 0 aromatic rings. The van der Waals surface area contributed by atoms with E-state index in [1.54, 1.807) is 0 Å². The Kier molecular flexibility index (Phi) is 11.4. The first-order valence-electron chi connectivity index (χ1n) is 3.47. The van der Waals surface area contributed by atoms with E-state index in [9.17, 15) is 0 Å². The van der Waals surface area contributed by atoms with Crippen molar-refractivity contribution in [3.8, 4) is 0 Å². The van der Waals surface area contributed by atoms with Gasteiger partial charge in [-0.1, -0.05) is 19.3 Å². The third kappa shape index (κ3) is 10.7. The number of allylic oxidation sites excluding steroid dienone is 4. The Hall–Kier alpha value is 0.709. The molecule has 0 spiro atoms. The van der Waals surface area contributed by atoms with Crippen molar-refractivity contribution in [3.63, 3.8) is 0 Å². The summed E-state index contributed by atoms with van der Waals surface area (Å²) in [6.07, 6.45) is 14.5. The second-order valence-electron chi connectivity index (χ2n) is 2.09. The van der Waals surface area contributed by atoms with E-state index in [4.69, 9.17) is 19.2 Å². The summed E-state index contributed by atoms with van der Waals surface area (Å²) in [5.41, 5.74) is 0. The first-order chi connectivity index (χ1) is 5.41. The standard InChI is InChI=1S/C8H11.2ClH.Ir/c1-2-4-6-8-7-5-3-1;;;/h1-3H,4,6-8H2;2*1H;/q-1;;;+3/p-2/b2-1-;;;. The van der Waals surface area contributed by atoms with E-state index >= 15 is 0 Å². The topological polar surface area (TPSA) is 0 Å². The molecule has 0 nitrogen and oxygen atoms in total. The third-order valence-corrected chi connectivity index (χ3v) is 1.29. The van der Waals surface area contributed by atoms with E-state index in [1.807, 2.05) is 6.08 Å². The molecule has 1 aliphatic carbocycles. The Morgan fingerprint density at radius 2 is 2.00 bits per heavy atom. The minimum absolute atomic E-state index is 0.556. The molecule has 0 saturated heterocycles. The van der Waals surface area contributed by atoms with Crippen LogP contribution in [-0.2, 0) is 15.7 Å². The van der Waals surface area contributed by atoms with Crippen LogP contribution < -0.4 is 0 Å². The molecule has 0 N–H and O–H groups in total. The number of rotatable bonds is 0. The van der Waals surface area contributed by atoms with Gasteiger partial charge >= 0.3 is 34.8 Å². The molecule has 1 aliphatic rings. The van der Waals surface area contributed by atoms with Crippen molar-refractivity contribution in [3.05, 3.63) is 24.3 Å². The fourth-order valence-electron chi connectivity index (χ4n) is 0.805. The summed E-state index contributed by atoms with van der Waals surface area (Å²) in [6.45, 7) is 0. The van der Waals surface area contributed by atoms with Gasteiger partial charge in [-0.15, -0.1) is 6.42 Å². The average molecular weight is 370 g/mol. The van der Waals surface area contributed by atoms with Gasteiger partial charge in [0.25, 0.3) is 0 Å². The van der Waals surface area contributed by atoms with Crippen molar-refractivity contribution in [2.75, 3.05) is 0 Å². The molecule has 1 rings (SSSR count). The van der Waals surface area contributed by atoms with Crippen LogP contribution in [0.5, 0.6) is 0 Å². The van der Waals surface area contributed by atoms with Gasteiger partial charge in [0.1, 0.15) is 0 Å². The van der Waals surface area contributed by atoms with Gasteiger partial charge in [-0.25, -0.2) is 12.2 Å². The molecule has 66 valence electrons. The van der Waals surface area contributed by atoms with Crippen LogP contribution in [0.15, 0.2) is 18.2 Å². The van der Waals surface area contributed by atoms with Gasteiger partial charge < -0.3 is 0 Å². The second kappa shape index (κ2) is 10.7. The van der Waals surface area contributed by atoms with Gasteiger partial charge in [0.15, 0.2) is 0 Å². The molecular formula is C8H11Cl2Ir. The van der Waals surface area contributed by atoms with Gasteiger partial charge in [-0.05, 0) is 0 Å². The fourth-order valence-corrected chi connectivity index (χ4v) is 0.805. The monoisotopic (exact) mass is 370 g/mol.